The minimum atomic E-state index is -0.865. The third kappa shape index (κ3) is 3.71. The van der Waals surface area contributed by atoms with E-state index in [1.54, 1.807) is 7.11 Å². The molecular formula is C15H21NO4. The van der Waals surface area contributed by atoms with Crippen molar-refractivity contribution in [2.45, 2.75) is 38.0 Å². The van der Waals surface area contributed by atoms with E-state index in [4.69, 9.17) is 14.6 Å². The van der Waals surface area contributed by atoms with Crippen LogP contribution in [0.15, 0.2) is 24.3 Å². The van der Waals surface area contributed by atoms with Crippen LogP contribution in [0.5, 0.6) is 5.75 Å². The van der Waals surface area contributed by atoms with Crippen LogP contribution in [0.1, 0.15) is 31.4 Å². The molecule has 1 aliphatic rings. The van der Waals surface area contributed by atoms with Gasteiger partial charge in [0.25, 0.3) is 0 Å². The monoisotopic (exact) mass is 279 g/mol. The summed E-state index contributed by atoms with van der Waals surface area (Å²) in [5, 5.41) is 12.3. The molecule has 1 aliphatic heterocycles. The average Bonchev–Trinajstić information content (AvgIpc) is 2.94. The number of hydrogen-bond acceptors (Lipinski definition) is 4. The molecule has 1 saturated heterocycles. The van der Waals surface area contributed by atoms with Crippen LogP contribution < -0.4 is 10.1 Å². The lowest BCUT2D eigenvalue weighted by molar-refractivity contribution is -0.149. The number of ether oxygens (including phenoxy) is 2. The van der Waals surface area contributed by atoms with E-state index in [0.29, 0.717) is 13.0 Å². The first-order chi connectivity index (χ1) is 9.60. The van der Waals surface area contributed by atoms with Gasteiger partial charge in [-0.2, -0.15) is 0 Å². The van der Waals surface area contributed by atoms with Crippen molar-refractivity contribution >= 4 is 5.97 Å². The van der Waals surface area contributed by atoms with E-state index < -0.39 is 12.1 Å². The Morgan fingerprint density at radius 3 is 2.70 bits per heavy atom. The van der Waals surface area contributed by atoms with Crippen LogP contribution in [0.2, 0.25) is 0 Å². The third-order valence-corrected chi connectivity index (χ3v) is 3.65. The molecule has 1 aromatic rings. The van der Waals surface area contributed by atoms with Gasteiger partial charge in [0.05, 0.1) is 13.2 Å². The first-order valence-electron chi connectivity index (χ1n) is 6.85. The number of carboxylic acids is 1. The van der Waals surface area contributed by atoms with Crippen molar-refractivity contribution in [3.8, 4) is 5.75 Å². The van der Waals surface area contributed by atoms with Crippen molar-refractivity contribution in [3.05, 3.63) is 29.8 Å². The number of carboxylic acid groups (broad SMARTS) is 1. The average molecular weight is 279 g/mol. The maximum Gasteiger partial charge on any atom is 0.332 e. The highest BCUT2D eigenvalue weighted by atomic mass is 16.5. The van der Waals surface area contributed by atoms with Crippen molar-refractivity contribution < 1.29 is 19.4 Å². The standard InChI is InChI=1S/C15H21NO4/c1-10(11-3-5-12(19-2)6-4-11)16-9-13-7-8-14(20-13)15(17)18/h3-6,10,13-14,16H,7-9H2,1-2H3,(H,17,18)/t10-,13?,14?/m1/s1. The van der Waals surface area contributed by atoms with Crippen molar-refractivity contribution in [2.24, 2.45) is 0 Å². The molecule has 3 atom stereocenters. The molecule has 0 amide bonds. The Morgan fingerprint density at radius 1 is 1.45 bits per heavy atom. The van der Waals surface area contributed by atoms with Gasteiger partial charge >= 0.3 is 5.97 Å². The van der Waals surface area contributed by atoms with Crippen LogP contribution in [0.3, 0.4) is 0 Å². The first-order valence-corrected chi connectivity index (χ1v) is 6.85. The Balaban J connectivity index is 1.80. The van der Waals surface area contributed by atoms with Crippen molar-refractivity contribution in [3.63, 3.8) is 0 Å². The highest BCUT2D eigenvalue weighted by Crippen LogP contribution is 2.21. The molecule has 110 valence electrons. The second-order valence-corrected chi connectivity index (χ2v) is 5.07. The molecule has 0 aliphatic carbocycles. The maximum atomic E-state index is 10.8. The summed E-state index contributed by atoms with van der Waals surface area (Å²) < 4.78 is 10.6. The molecule has 1 heterocycles. The third-order valence-electron chi connectivity index (χ3n) is 3.65. The number of benzene rings is 1. The molecule has 0 aromatic heterocycles. The van der Waals surface area contributed by atoms with E-state index in [1.807, 2.05) is 24.3 Å². The summed E-state index contributed by atoms with van der Waals surface area (Å²) >= 11 is 0. The molecule has 5 nitrogen and oxygen atoms in total. The molecule has 20 heavy (non-hydrogen) atoms. The van der Waals surface area contributed by atoms with Gasteiger partial charge < -0.3 is 19.9 Å². The summed E-state index contributed by atoms with van der Waals surface area (Å²) in [4.78, 5) is 10.8. The molecule has 0 bridgehead atoms. The highest BCUT2D eigenvalue weighted by Gasteiger charge is 2.30. The van der Waals surface area contributed by atoms with Crippen molar-refractivity contribution in [1.82, 2.24) is 5.32 Å². The molecule has 2 rings (SSSR count). The van der Waals surface area contributed by atoms with Gasteiger partial charge in [0.15, 0.2) is 6.10 Å². The van der Waals surface area contributed by atoms with Crippen molar-refractivity contribution in [1.29, 1.82) is 0 Å². The topological polar surface area (TPSA) is 67.8 Å². The molecule has 5 heteroatoms. The van der Waals surface area contributed by atoms with Gasteiger partial charge in [0, 0.05) is 12.6 Å². The molecular weight excluding hydrogens is 258 g/mol. The van der Waals surface area contributed by atoms with Gasteiger partial charge in [-0.25, -0.2) is 4.79 Å². The quantitative estimate of drug-likeness (QED) is 0.833. The summed E-state index contributed by atoms with van der Waals surface area (Å²) in [6.45, 7) is 2.74. The van der Waals surface area contributed by atoms with E-state index in [0.717, 1.165) is 12.2 Å². The fourth-order valence-corrected chi connectivity index (χ4v) is 2.36. The largest absolute Gasteiger partial charge is 0.497 e. The highest BCUT2D eigenvalue weighted by molar-refractivity contribution is 5.72. The van der Waals surface area contributed by atoms with Gasteiger partial charge in [-0.1, -0.05) is 12.1 Å². The van der Waals surface area contributed by atoms with E-state index in [2.05, 4.69) is 12.2 Å². The second-order valence-electron chi connectivity index (χ2n) is 5.07. The Morgan fingerprint density at radius 2 is 2.15 bits per heavy atom. The van der Waals surface area contributed by atoms with E-state index in [9.17, 15) is 4.79 Å². The Kier molecular flexibility index (Phi) is 4.98. The molecule has 0 radical (unpaired) electrons. The number of nitrogens with one attached hydrogen (secondary N) is 1. The normalized spacial score (nSPS) is 23.5. The van der Waals surface area contributed by atoms with Gasteiger partial charge in [-0.05, 0) is 37.5 Å². The predicted octanol–water partition coefficient (Wildman–Crippen LogP) is 1.98. The number of methoxy groups -OCH3 is 1. The lowest BCUT2D eigenvalue weighted by atomic mass is 10.1. The number of carbonyl (C=O) groups is 1. The number of aliphatic carboxylic acids is 1. The Hall–Kier alpha value is -1.59. The molecule has 2 N–H and O–H groups in total. The molecule has 0 saturated carbocycles. The molecule has 0 spiro atoms. The zero-order chi connectivity index (χ0) is 14.5. The van der Waals surface area contributed by atoms with Crippen LogP contribution in [0.4, 0.5) is 0 Å². The zero-order valence-corrected chi connectivity index (χ0v) is 11.8. The summed E-state index contributed by atoms with van der Waals surface area (Å²) in [5.41, 5.74) is 1.17. The van der Waals surface area contributed by atoms with E-state index >= 15 is 0 Å². The predicted molar refractivity (Wildman–Crippen MR) is 74.9 cm³/mol. The second kappa shape index (κ2) is 6.72. The van der Waals surface area contributed by atoms with Crippen LogP contribution in [0.25, 0.3) is 0 Å². The van der Waals surface area contributed by atoms with Crippen LogP contribution in [-0.2, 0) is 9.53 Å². The molecule has 2 unspecified atom stereocenters. The summed E-state index contributed by atoms with van der Waals surface area (Å²) in [5.74, 6) is -0.0277. The number of hydrogen-bond donors (Lipinski definition) is 2. The van der Waals surface area contributed by atoms with Crippen LogP contribution in [0, 0.1) is 0 Å². The minimum absolute atomic E-state index is 0.0169. The fraction of sp³-hybridized carbons (Fsp3) is 0.533. The lowest BCUT2D eigenvalue weighted by Gasteiger charge is -2.18. The lowest BCUT2D eigenvalue weighted by Crippen LogP contribution is -2.30. The van der Waals surface area contributed by atoms with E-state index in [-0.39, 0.29) is 12.1 Å². The smallest absolute Gasteiger partial charge is 0.332 e. The molecule has 1 aromatic carbocycles. The fourth-order valence-electron chi connectivity index (χ4n) is 2.36. The summed E-state index contributed by atoms with van der Waals surface area (Å²) in [7, 11) is 1.65. The SMILES string of the molecule is COc1ccc([C@@H](C)NCC2CCC(C(=O)O)O2)cc1. The minimum Gasteiger partial charge on any atom is -0.497 e. The van der Waals surface area contributed by atoms with Gasteiger partial charge in [0.1, 0.15) is 5.75 Å². The number of rotatable bonds is 6. The zero-order valence-electron chi connectivity index (χ0n) is 11.8. The first kappa shape index (κ1) is 14.8. The maximum absolute atomic E-state index is 10.8. The Bertz CT molecular complexity index is 446. The Labute approximate surface area is 118 Å². The summed E-state index contributed by atoms with van der Waals surface area (Å²) in [6, 6.07) is 8.09. The van der Waals surface area contributed by atoms with Gasteiger partial charge in [-0.15, -0.1) is 0 Å². The van der Waals surface area contributed by atoms with E-state index in [1.165, 1.54) is 5.56 Å². The van der Waals surface area contributed by atoms with Gasteiger partial charge in [0.2, 0.25) is 0 Å². The molecule has 1 fully saturated rings. The van der Waals surface area contributed by atoms with Crippen molar-refractivity contribution in [2.75, 3.05) is 13.7 Å². The van der Waals surface area contributed by atoms with Gasteiger partial charge in [-0.3, -0.25) is 0 Å². The summed E-state index contributed by atoms with van der Waals surface area (Å²) in [6.07, 6.45) is 0.729. The van der Waals surface area contributed by atoms with Crippen LogP contribution in [-0.4, -0.2) is 36.9 Å². The van der Waals surface area contributed by atoms with Crippen LogP contribution >= 0.6 is 0 Å².